The number of oxazole rings is 1. The third-order valence-electron chi connectivity index (χ3n) is 2.71. The fourth-order valence-corrected chi connectivity index (χ4v) is 1.95. The van der Waals surface area contributed by atoms with Crippen molar-refractivity contribution in [1.82, 2.24) is 20.3 Å². The summed E-state index contributed by atoms with van der Waals surface area (Å²) in [7, 11) is 0. The summed E-state index contributed by atoms with van der Waals surface area (Å²) in [6, 6.07) is 0. The average Bonchev–Trinajstić information content (AvgIpc) is 2.77. The van der Waals surface area contributed by atoms with Gasteiger partial charge >= 0.3 is 0 Å². The van der Waals surface area contributed by atoms with Crippen molar-refractivity contribution < 1.29 is 4.42 Å². The minimum atomic E-state index is 0.570. The first-order chi connectivity index (χ1) is 7.84. The maximum atomic E-state index is 5.23. The molecule has 0 bridgehead atoms. The standard InChI is InChI=1S/C10H13N5O/c1-7-13-9(15-4-2-11-3-5-15)8-10(14-7)16-6-12-8/h6,11H,2-5H2,1H3. The van der Waals surface area contributed by atoms with E-state index in [1.165, 1.54) is 6.39 Å². The highest BCUT2D eigenvalue weighted by Crippen LogP contribution is 2.22. The van der Waals surface area contributed by atoms with Crippen molar-refractivity contribution in [1.29, 1.82) is 0 Å². The Morgan fingerprint density at radius 3 is 2.94 bits per heavy atom. The van der Waals surface area contributed by atoms with Gasteiger partial charge in [0.15, 0.2) is 17.7 Å². The van der Waals surface area contributed by atoms with E-state index in [4.69, 9.17) is 4.42 Å². The number of hydrogen-bond donors (Lipinski definition) is 1. The van der Waals surface area contributed by atoms with E-state index in [1.54, 1.807) is 0 Å². The van der Waals surface area contributed by atoms with Crippen LogP contribution in [0.4, 0.5) is 5.82 Å². The van der Waals surface area contributed by atoms with Gasteiger partial charge in [0.25, 0.3) is 5.71 Å². The smallest absolute Gasteiger partial charge is 0.252 e. The lowest BCUT2D eigenvalue weighted by molar-refractivity contribution is 0.581. The zero-order valence-corrected chi connectivity index (χ0v) is 9.10. The number of rotatable bonds is 1. The van der Waals surface area contributed by atoms with Gasteiger partial charge < -0.3 is 14.6 Å². The minimum Gasteiger partial charge on any atom is -0.425 e. The van der Waals surface area contributed by atoms with E-state index in [2.05, 4.69) is 25.2 Å². The van der Waals surface area contributed by atoms with E-state index in [-0.39, 0.29) is 0 Å². The van der Waals surface area contributed by atoms with Gasteiger partial charge in [-0.3, -0.25) is 0 Å². The molecule has 3 heterocycles. The van der Waals surface area contributed by atoms with Gasteiger partial charge in [0.05, 0.1) is 0 Å². The summed E-state index contributed by atoms with van der Waals surface area (Å²) >= 11 is 0. The number of nitrogens with zero attached hydrogens (tertiary/aromatic N) is 4. The van der Waals surface area contributed by atoms with Crippen LogP contribution in [0.3, 0.4) is 0 Å². The van der Waals surface area contributed by atoms with Crippen LogP contribution >= 0.6 is 0 Å². The number of hydrogen-bond acceptors (Lipinski definition) is 6. The molecule has 16 heavy (non-hydrogen) atoms. The summed E-state index contributed by atoms with van der Waals surface area (Å²) in [4.78, 5) is 15.1. The van der Waals surface area contributed by atoms with E-state index in [9.17, 15) is 0 Å². The largest absolute Gasteiger partial charge is 0.425 e. The third-order valence-corrected chi connectivity index (χ3v) is 2.71. The molecule has 0 aliphatic carbocycles. The molecule has 84 valence electrons. The Kier molecular flexibility index (Phi) is 2.21. The van der Waals surface area contributed by atoms with E-state index in [0.29, 0.717) is 5.71 Å². The van der Waals surface area contributed by atoms with Crippen molar-refractivity contribution in [3.8, 4) is 0 Å². The maximum Gasteiger partial charge on any atom is 0.252 e. The van der Waals surface area contributed by atoms with Crippen LogP contribution in [0.2, 0.25) is 0 Å². The molecule has 2 aromatic heterocycles. The maximum absolute atomic E-state index is 5.23. The van der Waals surface area contributed by atoms with E-state index in [0.717, 1.165) is 43.3 Å². The quantitative estimate of drug-likeness (QED) is 0.745. The molecule has 0 spiro atoms. The van der Waals surface area contributed by atoms with E-state index >= 15 is 0 Å². The lowest BCUT2D eigenvalue weighted by Gasteiger charge is -2.28. The van der Waals surface area contributed by atoms with Crippen LogP contribution in [-0.2, 0) is 0 Å². The fourth-order valence-electron chi connectivity index (χ4n) is 1.95. The lowest BCUT2D eigenvalue weighted by Crippen LogP contribution is -2.44. The van der Waals surface area contributed by atoms with Crippen LogP contribution in [0.15, 0.2) is 10.8 Å². The number of nitrogens with one attached hydrogen (secondary N) is 1. The Labute approximate surface area is 92.7 Å². The predicted molar refractivity (Wildman–Crippen MR) is 59.4 cm³/mol. The van der Waals surface area contributed by atoms with Gasteiger partial charge in [-0.05, 0) is 6.92 Å². The monoisotopic (exact) mass is 219 g/mol. The number of anilines is 1. The van der Waals surface area contributed by atoms with Crippen molar-refractivity contribution in [3.05, 3.63) is 12.2 Å². The highest BCUT2D eigenvalue weighted by molar-refractivity contribution is 5.81. The molecule has 1 aliphatic heterocycles. The third kappa shape index (κ3) is 1.51. The topological polar surface area (TPSA) is 67.1 Å². The highest BCUT2D eigenvalue weighted by atomic mass is 16.3. The summed E-state index contributed by atoms with van der Waals surface area (Å²) in [6.07, 6.45) is 1.42. The van der Waals surface area contributed by atoms with Crippen LogP contribution in [0, 0.1) is 6.92 Å². The molecule has 0 unspecified atom stereocenters. The van der Waals surface area contributed by atoms with Crippen molar-refractivity contribution in [2.24, 2.45) is 0 Å². The number of piperazine rings is 1. The second-order valence-electron chi connectivity index (χ2n) is 3.84. The Balaban J connectivity index is 2.09. The summed E-state index contributed by atoms with van der Waals surface area (Å²) in [5.74, 6) is 1.61. The summed E-state index contributed by atoms with van der Waals surface area (Å²) < 4.78 is 5.23. The Morgan fingerprint density at radius 2 is 2.12 bits per heavy atom. The molecule has 2 aromatic rings. The molecule has 1 saturated heterocycles. The first kappa shape index (κ1) is 9.53. The fraction of sp³-hybridized carbons (Fsp3) is 0.500. The molecule has 1 N–H and O–H groups in total. The molecule has 0 radical (unpaired) electrons. The normalized spacial score (nSPS) is 16.9. The molecule has 0 saturated carbocycles. The van der Waals surface area contributed by atoms with Crippen molar-refractivity contribution in [2.45, 2.75) is 6.92 Å². The van der Waals surface area contributed by atoms with Crippen molar-refractivity contribution in [3.63, 3.8) is 0 Å². The minimum absolute atomic E-state index is 0.570. The first-order valence-electron chi connectivity index (χ1n) is 5.38. The summed E-state index contributed by atoms with van der Waals surface area (Å²) in [5, 5.41) is 3.31. The van der Waals surface area contributed by atoms with Crippen molar-refractivity contribution >= 4 is 17.0 Å². The van der Waals surface area contributed by atoms with Crippen LogP contribution in [0.1, 0.15) is 5.82 Å². The lowest BCUT2D eigenvalue weighted by atomic mass is 10.3. The predicted octanol–water partition coefficient (Wildman–Crippen LogP) is 0.336. The molecule has 3 rings (SSSR count). The average molecular weight is 219 g/mol. The molecule has 6 nitrogen and oxygen atoms in total. The Morgan fingerprint density at radius 1 is 1.31 bits per heavy atom. The van der Waals surface area contributed by atoms with Gasteiger partial charge in [-0.15, -0.1) is 0 Å². The van der Waals surface area contributed by atoms with Crippen LogP contribution in [0.25, 0.3) is 11.2 Å². The molecule has 0 atom stereocenters. The van der Waals surface area contributed by atoms with Gasteiger partial charge in [0.2, 0.25) is 0 Å². The zero-order chi connectivity index (χ0) is 11.0. The molecule has 1 aliphatic rings. The van der Waals surface area contributed by atoms with Gasteiger partial charge in [0.1, 0.15) is 5.82 Å². The van der Waals surface area contributed by atoms with Gasteiger partial charge in [-0.2, -0.15) is 4.98 Å². The zero-order valence-electron chi connectivity index (χ0n) is 9.10. The molecular formula is C10H13N5O. The molecule has 1 fully saturated rings. The number of aryl methyl sites for hydroxylation is 1. The molecule has 6 heteroatoms. The molecule has 0 amide bonds. The number of aromatic nitrogens is 3. The number of fused-ring (bicyclic) bond motifs is 1. The second-order valence-corrected chi connectivity index (χ2v) is 3.84. The van der Waals surface area contributed by atoms with Gasteiger partial charge in [-0.25, -0.2) is 9.97 Å². The van der Waals surface area contributed by atoms with Crippen LogP contribution in [-0.4, -0.2) is 41.1 Å². The Bertz CT molecular complexity index is 503. The summed E-state index contributed by atoms with van der Waals surface area (Å²) in [6.45, 7) is 5.70. The first-order valence-corrected chi connectivity index (χ1v) is 5.38. The van der Waals surface area contributed by atoms with Crippen LogP contribution in [0.5, 0.6) is 0 Å². The summed E-state index contributed by atoms with van der Waals surface area (Å²) in [5.41, 5.74) is 1.33. The SMILES string of the molecule is Cc1nc(N2CCNCC2)c2ncoc2n1. The van der Waals surface area contributed by atoms with Gasteiger partial charge in [-0.1, -0.05) is 0 Å². The molecular weight excluding hydrogens is 206 g/mol. The molecule has 0 aromatic carbocycles. The van der Waals surface area contributed by atoms with E-state index in [1.807, 2.05) is 6.92 Å². The van der Waals surface area contributed by atoms with Crippen LogP contribution < -0.4 is 10.2 Å². The highest BCUT2D eigenvalue weighted by Gasteiger charge is 2.18. The van der Waals surface area contributed by atoms with Crippen molar-refractivity contribution in [2.75, 3.05) is 31.1 Å². The second kappa shape index (κ2) is 3.71. The van der Waals surface area contributed by atoms with Gasteiger partial charge in [0, 0.05) is 26.2 Å². The Hall–Kier alpha value is -1.69. The van der Waals surface area contributed by atoms with E-state index < -0.39 is 0 Å².